The van der Waals surface area contributed by atoms with Gasteiger partial charge >= 0.3 is 0 Å². The van der Waals surface area contributed by atoms with Crippen molar-refractivity contribution in [3.05, 3.63) is 35.9 Å². The maximum atomic E-state index is 11.9. The molecule has 3 N–H and O–H groups in total. The van der Waals surface area contributed by atoms with Crippen LogP contribution < -0.4 is 11.1 Å². The van der Waals surface area contributed by atoms with Gasteiger partial charge in [-0.15, -0.1) is 0 Å². The Kier molecular flexibility index (Phi) is 4.99. The van der Waals surface area contributed by atoms with E-state index in [1.54, 1.807) is 0 Å². The number of hydrogen-bond acceptors (Lipinski definition) is 2. The summed E-state index contributed by atoms with van der Waals surface area (Å²) in [5.74, 6) is -0.0784. The van der Waals surface area contributed by atoms with Crippen molar-refractivity contribution in [3.8, 4) is 0 Å². The molecule has 0 aliphatic rings. The third-order valence-electron chi connectivity index (χ3n) is 2.82. The molecule has 0 aliphatic carbocycles. The molecule has 1 amide bonds. The van der Waals surface area contributed by atoms with E-state index in [0.29, 0.717) is 6.54 Å². The largest absolute Gasteiger partial charge is 0.352 e. The van der Waals surface area contributed by atoms with E-state index in [1.165, 1.54) is 0 Å². The number of nitrogens with one attached hydrogen (secondary N) is 1. The minimum atomic E-state index is -0.123. The van der Waals surface area contributed by atoms with Crippen molar-refractivity contribution >= 4 is 5.91 Å². The van der Waals surface area contributed by atoms with Crippen LogP contribution in [0.4, 0.5) is 0 Å². The first kappa shape index (κ1) is 12.7. The highest BCUT2D eigenvalue weighted by Gasteiger charge is 2.17. The molecule has 2 atom stereocenters. The third kappa shape index (κ3) is 3.35. The molecule has 1 aromatic rings. The van der Waals surface area contributed by atoms with Crippen LogP contribution in [0, 0.1) is 0 Å². The van der Waals surface area contributed by atoms with Crippen LogP contribution in [0.5, 0.6) is 0 Å². The monoisotopic (exact) mass is 220 g/mol. The second-order valence-electron chi connectivity index (χ2n) is 3.98. The maximum absolute atomic E-state index is 11.9. The summed E-state index contributed by atoms with van der Waals surface area (Å²) in [6.07, 6.45) is 0.865. The van der Waals surface area contributed by atoms with Crippen LogP contribution in [0.3, 0.4) is 0 Å². The maximum Gasteiger partial charge on any atom is 0.227 e. The van der Waals surface area contributed by atoms with Gasteiger partial charge in [-0.05, 0) is 18.9 Å². The summed E-state index contributed by atoms with van der Waals surface area (Å²) < 4.78 is 0. The Hall–Kier alpha value is -1.35. The number of rotatable bonds is 5. The van der Waals surface area contributed by atoms with E-state index in [4.69, 9.17) is 5.73 Å². The van der Waals surface area contributed by atoms with E-state index in [0.717, 1.165) is 12.0 Å². The van der Waals surface area contributed by atoms with Gasteiger partial charge in [-0.3, -0.25) is 4.79 Å². The average Bonchev–Trinajstić information content (AvgIpc) is 2.35. The molecule has 0 radical (unpaired) electrons. The first-order chi connectivity index (χ1) is 7.69. The lowest BCUT2D eigenvalue weighted by molar-refractivity contribution is -0.122. The Labute approximate surface area is 97.0 Å². The molecule has 1 rings (SSSR count). The molecule has 0 aliphatic heterocycles. The zero-order valence-corrected chi connectivity index (χ0v) is 9.94. The lowest BCUT2D eigenvalue weighted by Gasteiger charge is -2.18. The summed E-state index contributed by atoms with van der Waals surface area (Å²) in [5, 5.41) is 2.95. The molecule has 0 saturated heterocycles. The van der Waals surface area contributed by atoms with Crippen LogP contribution in [0.1, 0.15) is 31.7 Å². The molecule has 0 heterocycles. The van der Waals surface area contributed by atoms with Crippen molar-refractivity contribution in [1.82, 2.24) is 5.32 Å². The van der Waals surface area contributed by atoms with Crippen molar-refractivity contribution < 1.29 is 4.79 Å². The molecule has 2 unspecified atom stereocenters. The van der Waals surface area contributed by atoms with Gasteiger partial charge in [0.25, 0.3) is 0 Å². The summed E-state index contributed by atoms with van der Waals surface area (Å²) in [6.45, 7) is 4.42. The quantitative estimate of drug-likeness (QED) is 0.792. The van der Waals surface area contributed by atoms with Crippen molar-refractivity contribution in [2.45, 2.75) is 32.2 Å². The molecule has 0 bridgehead atoms. The van der Waals surface area contributed by atoms with Crippen LogP contribution in [0.15, 0.2) is 30.3 Å². The fourth-order valence-electron chi connectivity index (χ4n) is 1.55. The van der Waals surface area contributed by atoms with Crippen LogP contribution in [-0.2, 0) is 4.79 Å². The predicted octanol–water partition coefficient (Wildman–Crippen LogP) is 1.64. The van der Waals surface area contributed by atoms with E-state index in [9.17, 15) is 4.79 Å². The first-order valence-electron chi connectivity index (χ1n) is 5.74. The number of amides is 1. The van der Waals surface area contributed by atoms with Gasteiger partial charge in [0.2, 0.25) is 5.91 Å². The standard InChI is InChI=1S/C13H20N2O/c1-3-12(9-14)15-13(16)10(2)11-7-5-4-6-8-11/h4-8,10,12H,3,9,14H2,1-2H3,(H,15,16). The molecular formula is C13H20N2O. The van der Waals surface area contributed by atoms with Crippen LogP contribution in [0.25, 0.3) is 0 Å². The molecule has 3 nitrogen and oxygen atoms in total. The topological polar surface area (TPSA) is 55.1 Å². The van der Waals surface area contributed by atoms with Crippen molar-refractivity contribution in [2.75, 3.05) is 6.54 Å². The Morgan fingerprint density at radius 1 is 1.38 bits per heavy atom. The van der Waals surface area contributed by atoms with Crippen LogP contribution >= 0.6 is 0 Å². The fourth-order valence-corrected chi connectivity index (χ4v) is 1.55. The molecule has 88 valence electrons. The van der Waals surface area contributed by atoms with E-state index in [1.807, 2.05) is 44.2 Å². The van der Waals surface area contributed by atoms with E-state index >= 15 is 0 Å². The number of benzene rings is 1. The van der Waals surface area contributed by atoms with Gasteiger partial charge in [-0.2, -0.15) is 0 Å². The van der Waals surface area contributed by atoms with Gasteiger partial charge in [-0.1, -0.05) is 37.3 Å². The molecule has 16 heavy (non-hydrogen) atoms. The number of hydrogen-bond donors (Lipinski definition) is 2. The van der Waals surface area contributed by atoms with Gasteiger partial charge in [-0.25, -0.2) is 0 Å². The summed E-state index contributed by atoms with van der Waals surface area (Å²) in [5.41, 5.74) is 6.59. The van der Waals surface area contributed by atoms with Gasteiger partial charge in [0.15, 0.2) is 0 Å². The summed E-state index contributed by atoms with van der Waals surface area (Å²) in [6, 6.07) is 9.85. The Morgan fingerprint density at radius 3 is 2.50 bits per heavy atom. The zero-order valence-electron chi connectivity index (χ0n) is 9.94. The average molecular weight is 220 g/mol. The third-order valence-corrected chi connectivity index (χ3v) is 2.82. The fraction of sp³-hybridized carbons (Fsp3) is 0.462. The number of carbonyl (C=O) groups is 1. The highest BCUT2D eigenvalue weighted by atomic mass is 16.1. The van der Waals surface area contributed by atoms with Crippen molar-refractivity contribution in [1.29, 1.82) is 0 Å². The van der Waals surface area contributed by atoms with Crippen molar-refractivity contribution in [2.24, 2.45) is 5.73 Å². The van der Waals surface area contributed by atoms with Crippen LogP contribution in [-0.4, -0.2) is 18.5 Å². The Bertz CT molecular complexity index is 320. The predicted molar refractivity (Wildman–Crippen MR) is 66.1 cm³/mol. The highest BCUT2D eigenvalue weighted by molar-refractivity contribution is 5.83. The number of nitrogens with two attached hydrogens (primary N) is 1. The van der Waals surface area contributed by atoms with E-state index < -0.39 is 0 Å². The number of carbonyl (C=O) groups excluding carboxylic acids is 1. The Balaban J connectivity index is 2.61. The van der Waals surface area contributed by atoms with E-state index in [-0.39, 0.29) is 17.9 Å². The SMILES string of the molecule is CCC(CN)NC(=O)C(C)c1ccccc1. The second kappa shape index (κ2) is 6.28. The normalized spacial score (nSPS) is 14.2. The smallest absolute Gasteiger partial charge is 0.227 e. The van der Waals surface area contributed by atoms with Gasteiger partial charge in [0.05, 0.1) is 5.92 Å². The van der Waals surface area contributed by atoms with E-state index in [2.05, 4.69) is 5.32 Å². The minimum Gasteiger partial charge on any atom is -0.352 e. The molecule has 0 fully saturated rings. The highest BCUT2D eigenvalue weighted by Crippen LogP contribution is 2.14. The molecule has 1 aromatic carbocycles. The first-order valence-corrected chi connectivity index (χ1v) is 5.74. The van der Waals surface area contributed by atoms with Crippen LogP contribution in [0.2, 0.25) is 0 Å². The lowest BCUT2D eigenvalue weighted by Crippen LogP contribution is -2.41. The zero-order chi connectivity index (χ0) is 12.0. The summed E-state index contributed by atoms with van der Waals surface area (Å²) >= 11 is 0. The minimum absolute atomic E-state index is 0.0449. The summed E-state index contributed by atoms with van der Waals surface area (Å²) in [4.78, 5) is 11.9. The molecule has 0 aromatic heterocycles. The van der Waals surface area contributed by atoms with Gasteiger partial charge in [0, 0.05) is 12.6 Å². The molecule has 3 heteroatoms. The molecular weight excluding hydrogens is 200 g/mol. The summed E-state index contributed by atoms with van der Waals surface area (Å²) in [7, 11) is 0. The molecule has 0 saturated carbocycles. The van der Waals surface area contributed by atoms with Gasteiger partial charge in [0.1, 0.15) is 0 Å². The van der Waals surface area contributed by atoms with Crippen molar-refractivity contribution in [3.63, 3.8) is 0 Å². The Morgan fingerprint density at radius 2 is 2.00 bits per heavy atom. The molecule has 0 spiro atoms. The van der Waals surface area contributed by atoms with Gasteiger partial charge < -0.3 is 11.1 Å². The lowest BCUT2D eigenvalue weighted by atomic mass is 10.00. The second-order valence-corrected chi connectivity index (χ2v) is 3.98.